The normalized spacial score (nSPS) is 17.9. The van der Waals surface area contributed by atoms with Crippen molar-refractivity contribution in [3.63, 3.8) is 0 Å². The van der Waals surface area contributed by atoms with Gasteiger partial charge < -0.3 is 4.57 Å². The lowest BCUT2D eigenvalue weighted by molar-refractivity contribution is 0.379. The summed E-state index contributed by atoms with van der Waals surface area (Å²) in [5.74, 6) is 0.453. The summed E-state index contributed by atoms with van der Waals surface area (Å²) in [6.45, 7) is 1.24. The van der Waals surface area contributed by atoms with Gasteiger partial charge in [-0.2, -0.15) is 0 Å². The van der Waals surface area contributed by atoms with Gasteiger partial charge in [0.1, 0.15) is 11.6 Å². The SMILES string of the molecule is O=S(=O)(Cc1ccc(F)c(Cl)c1)NC[C@H]1CCn2ccnc2C1. The Balaban J connectivity index is 1.58. The standard InChI is InChI=1S/C15H17ClFN3O2S/c16-13-7-12(1-2-14(13)17)10-23(21,22)19-9-11-3-5-20-6-4-18-15(20)8-11/h1-2,4,6-7,11,19H,3,5,8-10H2/t11-/m0/s1. The van der Waals surface area contributed by atoms with Gasteiger partial charge in [-0.1, -0.05) is 17.7 Å². The smallest absolute Gasteiger partial charge is 0.215 e. The number of rotatable bonds is 5. The molecule has 1 N–H and O–H groups in total. The lowest BCUT2D eigenvalue weighted by atomic mass is 9.98. The van der Waals surface area contributed by atoms with Crippen LogP contribution in [-0.4, -0.2) is 24.5 Å². The van der Waals surface area contributed by atoms with E-state index in [0.717, 1.165) is 25.2 Å². The zero-order valence-corrected chi connectivity index (χ0v) is 13.9. The third-order valence-corrected chi connectivity index (χ3v) is 5.59. The van der Waals surface area contributed by atoms with E-state index in [1.807, 2.05) is 6.20 Å². The van der Waals surface area contributed by atoms with Crippen molar-refractivity contribution >= 4 is 21.6 Å². The van der Waals surface area contributed by atoms with Crippen LogP contribution in [0.2, 0.25) is 5.02 Å². The number of hydrogen-bond donors (Lipinski definition) is 1. The zero-order chi connectivity index (χ0) is 16.4. The van der Waals surface area contributed by atoms with Crippen LogP contribution in [0.15, 0.2) is 30.6 Å². The van der Waals surface area contributed by atoms with Gasteiger partial charge in [0.25, 0.3) is 0 Å². The summed E-state index contributed by atoms with van der Waals surface area (Å²) >= 11 is 5.68. The van der Waals surface area contributed by atoms with Gasteiger partial charge in [-0.15, -0.1) is 0 Å². The maximum atomic E-state index is 13.1. The highest BCUT2D eigenvalue weighted by atomic mass is 35.5. The molecule has 0 saturated carbocycles. The Kier molecular flexibility index (Phi) is 4.70. The van der Waals surface area contributed by atoms with Crippen molar-refractivity contribution in [2.45, 2.75) is 25.1 Å². The van der Waals surface area contributed by atoms with E-state index in [9.17, 15) is 12.8 Å². The van der Waals surface area contributed by atoms with Crippen LogP contribution < -0.4 is 4.72 Å². The lowest BCUT2D eigenvalue weighted by Gasteiger charge is -2.23. The highest BCUT2D eigenvalue weighted by molar-refractivity contribution is 7.88. The van der Waals surface area contributed by atoms with Crippen LogP contribution in [0.4, 0.5) is 4.39 Å². The molecule has 124 valence electrons. The van der Waals surface area contributed by atoms with Gasteiger partial charge in [0, 0.05) is 31.9 Å². The van der Waals surface area contributed by atoms with Crippen LogP contribution in [0.1, 0.15) is 17.8 Å². The van der Waals surface area contributed by atoms with E-state index in [1.54, 1.807) is 6.20 Å². The molecule has 0 aliphatic carbocycles. The molecule has 2 heterocycles. The molecular weight excluding hydrogens is 341 g/mol. The van der Waals surface area contributed by atoms with E-state index in [2.05, 4.69) is 14.3 Å². The molecule has 23 heavy (non-hydrogen) atoms. The van der Waals surface area contributed by atoms with Crippen LogP contribution in [0.25, 0.3) is 0 Å². The number of sulfonamides is 1. The van der Waals surface area contributed by atoms with Crippen LogP contribution >= 0.6 is 11.6 Å². The Labute approximate surface area is 139 Å². The summed E-state index contributed by atoms with van der Waals surface area (Å²) in [6.07, 6.45) is 5.38. The van der Waals surface area contributed by atoms with Crippen LogP contribution in [-0.2, 0) is 28.7 Å². The van der Waals surface area contributed by atoms with Gasteiger partial charge >= 0.3 is 0 Å². The fourth-order valence-corrected chi connectivity index (χ4v) is 4.15. The minimum absolute atomic E-state index is 0.0724. The summed E-state index contributed by atoms with van der Waals surface area (Å²) < 4.78 is 42.2. The van der Waals surface area contributed by atoms with E-state index in [-0.39, 0.29) is 16.7 Å². The van der Waals surface area contributed by atoms with Gasteiger partial charge in [0.15, 0.2) is 0 Å². The average Bonchev–Trinajstić information content (AvgIpc) is 2.96. The van der Waals surface area contributed by atoms with E-state index in [1.165, 1.54) is 18.2 Å². The number of nitrogens with one attached hydrogen (secondary N) is 1. The molecule has 1 aromatic heterocycles. The molecule has 8 heteroatoms. The first-order valence-electron chi connectivity index (χ1n) is 7.34. The van der Waals surface area contributed by atoms with Crippen LogP contribution in [0, 0.1) is 11.7 Å². The van der Waals surface area contributed by atoms with E-state index in [0.29, 0.717) is 12.1 Å². The first kappa shape index (κ1) is 16.4. The van der Waals surface area contributed by atoms with Crippen molar-refractivity contribution in [1.82, 2.24) is 14.3 Å². The van der Waals surface area contributed by atoms with Crippen LogP contribution in [0.3, 0.4) is 0 Å². The molecular formula is C15H17ClFN3O2S. The molecule has 0 fully saturated rings. The quantitative estimate of drug-likeness (QED) is 0.893. The van der Waals surface area contributed by atoms with Gasteiger partial charge in [-0.25, -0.2) is 22.5 Å². The maximum Gasteiger partial charge on any atom is 0.215 e. The third kappa shape index (κ3) is 4.10. The molecule has 2 aromatic rings. The Hall–Kier alpha value is -1.44. The molecule has 1 aliphatic heterocycles. The summed E-state index contributed by atoms with van der Waals surface area (Å²) in [7, 11) is -3.49. The zero-order valence-electron chi connectivity index (χ0n) is 12.4. The number of fused-ring (bicyclic) bond motifs is 1. The summed E-state index contributed by atoms with van der Waals surface area (Å²) in [5, 5.41) is -0.0724. The molecule has 1 aliphatic rings. The van der Waals surface area contributed by atoms with Crippen LogP contribution in [0.5, 0.6) is 0 Å². The van der Waals surface area contributed by atoms with Crippen molar-refractivity contribution in [1.29, 1.82) is 0 Å². The molecule has 0 saturated heterocycles. The molecule has 1 atom stereocenters. The van der Waals surface area contributed by atoms with Gasteiger partial charge in [-0.05, 0) is 30.0 Å². The largest absolute Gasteiger partial charge is 0.335 e. The van der Waals surface area contributed by atoms with Gasteiger partial charge in [0.2, 0.25) is 10.0 Å². The lowest BCUT2D eigenvalue weighted by Crippen LogP contribution is -2.33. The molecule has 0 bridgehead atoms. The number of benzene rings is 1. The predicted molar refractivity (Wildman–Crippen MR) is 86.1 cm³/mol. The number of aryl methyl sites for hydroxylation is 1. The average molecular weight is 358 g/mol. The Morgan fingerprint density at radius 1 is 1.43 bits per heavy atom. The molecule has 0 radical (unpaired) electrons. The minimum Gasteiger partial charge on any atom is -0.335 e. The third-order valence-electron chi connectivity index (χ3n) is 3.98. The van der Waals surface area contributed by atoms with Gasteiger partial charge in [-0.3, -0.25) is 0 Å². The summed E-state index contributed by atoms with van der Waals surface area (Å²) in [6, 6.07) is 3.94. The topological polar surface area (TPSA) is 64.0 Å². The van der Waals surface area contributed by atoms with Crippen molar-refractivity contribution in [3.8, 4) is 0 Å². The molecule has 0 unspecified atom stereocenters. The Morgan fingerprint density at radius 2 is 2.26 bits per heavy atom. The molecule has 0 amide bonds. The number of halogens is 2. The number of hydrogen-bond acceptors (Lipinski definition) is 3. The first-order chi connectivity index (χ1) is 10.9. The highest BCUT2D eigenvalue weighted by Crippen LogP contribution is 2.20. The fraction of sp³-hybridized carbons (Fsp3) is 0.400. The maximum absolute atomic E-state index is 13.1. The number of imidazole rings is 1. The molecule has 1 aromatic carbocycles. The van der Waals surface area contributed by atoms with E-state index in [4.69, 9.17) is 11.6 Å². The summed E-state index contributed by atoms with van der Waals surface area (Å²) in [5.41, 5.74) is 0.461. The first-order valence-corrected chi connectivity index (χ1v) is 9.37. The Bertz CT molecular complexity index is 807. The predicted octanol–water partition coefficient (Wildman–Crippen LogP) is 2.36. The monoisotopic (exact) mass is 357 g/mol. The molecule has 3 rings (SSSR count). The number of aromatic nitrogens is 2. The van der Waals surface area contributed by atoms with E-state index >= 15 is 0 Å². The van der Waals surface area contributed by atoms with Crippen molar-refractivity contribution in [3.05, 3.63) is 52.8 Å². The highest BCUT2D eigenvalue weighted by Gasteiger charge is 2.21. The van der Waals surface area contributed by atoms with Gasteiger partial charge in [0.05, 0.1) is 10.8 Å². The second kappa shape index (κ2) is 6.59. The minimum atomic E-state index is -3.49. The Morgan fingerprint density at radius 3 is 3.04 bits per heavy atom. The number of nitrogens with zero attached hydrogens (tertiary/aromatic N) is 2. The molecule has 5 nitrogen and oxygen atoms in total. The fourth-order valence-electron chi connectivity index (χ4n) is 2.73. The molecule has 0 spiro atoms. The van der Waals surface area contributed by atoms with Crippen molar-refractivity contribution < 1.29 is 12.8 Å². The van der Waals surface area contributed by atoms with Crippen molar-refractivity contribution in [2.75, 3.05) is 6.54 Å². The van der Waals surface area contributed by atoms with E-state index < -0.39 is 15.8 Å². The second-order valence-electron chi connectivity index (χ2n) is 5.75. The second-order valence-corrected chi connectivity index (χ2v) is 7.97. The summed E-state index contributed by atoms with van der Waals surface area (Å²) in [4.78, 5) is 4.27. The van der Waals surface area contributed by atoms with Crippen molar-refractivity contribution in [2.24, 2.45) is 5.92 Å².